The van der Waals surface area contributed by atoms with Gasteiger partial charge in [-0.1, -0.05) is 18.9 Å². The standard InChI is InChI=1S/C10H17F2NS/c1-6-4-8-7(2)13-14-9(8,3)5-10(6,11)12/h6-8,13H,4-5H2,1-3H3. The Morgan fingerprint density at radius 1 is 1.36 bits per heavy atom. The van der Waals surface area contributed by atoms with Gasteiger partial charge < -0.3 is 0 Å². The quantitative estimate of drug-likeness (QED) is 0.631. The molecule has 4 heteroatoms. The van der Waals surface area contributed by atoms with Crippen molar-refractivity contribution in [2.75, 3.05) is 0 Å². The van der Waals surface area contributed by atoms with E-state index in [4.69, 9.17) is 0 Å². The van der Waals surface area contributed by atoms with Crippen LogP contribution in [0.5, 0.6) is 0 Å². The Morgan fingerprint density at radius 2 is 2.00 bits per heavy atom. The van der Waals surface area contributed by atoms with Crippen LogP contribution in [0.25, 0.3) is 0 Å². The van der Waals surface area contributed by atoms with Gasteiger partial charge in [0.2, 0.25) is 0 Å². The molecule has 1 N–H and O–H groups in total. The Bertz CT molecular complexity index is 246. The molecule has 4 unspecified atom stereocenters. The zero-order valence-electron chi connectivity index (χ0n) is 8.81. The van der Waals surface area contributed by atoms with E-state index < -0.39 is 11.8 Å². The molecular weight excluding hydrogens is 204 g/mol. The van der Waals surface area contributed by atoms with E-state index in [1.165, 1.54) is 11.9 Å². The van der Waals surface area contributed by atoms with E-state index in [0.717, 1.165) is 0 Å². The van der Waals surface area contributed by atoms with Gasteiger partial charge >= 0.3 is 0 Å². The van der Waals surface area contributed by atoms with Gasteiger partial charge in [0.25, 0.3) is 5.92 Å². The molecule has 0 bridgehead atoms. The minimum atomic E-state index is -2.48. The van der Waals surface area contributed by atoms with Gasteiger partial charge in [-0.3, -0.25) is 4.72 Å². The normalized spacial score (nSPS) is 51.6. The number of nitrogens with one attached hydrogen (secondary N) is 1. The SMILES string of the molecule is CC1NSC2(C)CC(F)(F)C(C)CC12. The maximum atomic E-state index is 13.6. The molecule has 2 rings (SSSR count). The number of rotatable bonds is 0. The summed E-state index contributed by atoms with van der Waals surface area (Å²) in [7, 11) is 0. The predicted molar refractivity (Wildman–Crippen MR) is 55.4 cm³/mol. The Morgan fingerprint density at radius 3 is 2.64 bits per heavy atom. The first kappa shape index (κ1) is 10.7. The van der Waals surface area contributed by atoms with Gasteiger partial charge in [-0.15, -0.1) is 0 Å². The highest BCUT2D eigenvalue weighted by Crippen LogP contribution is 2.55. The van der Waals surface area contributed by atoms with Crippen molar-refractivity contribution in [3.8, 4) is 0 Å². The van der Waals surface area contributed by atoms with E-state index in [1.54, 1.807) is 6.92 Å². The number of alkyl halides is 2. The second-order valence-corrected chi connectivity index (χ2v) is 6.37. The van der Waals surface area contributed by atoms with Crippen molar-refractivity contribution >= 4 is 11.9 Å². The molecule has 1 saturated heterocycles. The first-order chi connectivity index (χ1) is 6.35. The van der Waals surface area contributed by atoms with E-state index in [9.17, 15) is 8.78 Å². The van der Waals surface area contributed by atoms with Crippen LogP contribution < -0.4 is 4.72 Å². The lowest BCUT2D eigenvalue weighted by Gasteiger charge is -2.43. The largest absolute Gasteiger partial charge is 0.261 e. The Hall–Kier alpha value is 0.170. The summed E-state index contributed by atoms with van der Waals surface area (Å²) in [5.74, 6) is -2.56. The zero-order chi connectivity index (χ0) is 10.6. The smallest absolute Gasteiger partial charge is 0.252 e. The summed E-state index contributed by atoms with van der Waals surface area (Å²) < 4.78 is 30.1. The molecule has 0 aromatic heterocycles. The van der Waals surface area contributed by atoms with Gasteiger partial charge in [-0.25, -0.2) is 8.78 Å². The molecule has 2 fully saturated rings. The van der Waals surface area contributed by atoms with Crippen molar-refractivity contribution in [1.82, 2.24) is 4.72 Å². The Labute approximate surface area is 88.2 Å². The summed E-state index contributed by atoms with van der Waals surface area (Å²) in [6.07, 6.45) is 0.665. The summed E-state index contributed by atoms with van der Waals surface area (Å²) >= 11 is 1.51. The van der Waals surface area contributed by atoms with Gasteiger partial charge in [-0.2, -0.15) is 0 Å². The average molecular weight is 221 g/mol. The van der Waals surface area contributed by atoms with E-state index in [0.29, 0.717) is 18.4 Å². The first-order valence-electron chi connectivity index (χ1n) is 5.16. The van der Waals surface area contributed by atoms with E-state index in [-0.39, 0.29) is 11.2 Å². The lowest BCUT2D eigenvalue weighted by atomic mass is 9.70. The molecule has 82 valence electrons. The minimum absolute atomic E-state index is 0.0217. The molecule has 2 aliphatic rings. The van der Waals surface area contributed by atoms with Gasteiger partial charge in [0.05, 0.1) is 0 Å². The maximum Gasteiger partial charge on any atom is 0.252 e. The fraction of sp³-hybridized carbons (Fsp3) is 1.00. The number of halogens is 2. The van der Waals surface area contributed by atoms with E-state index in [2.05, 4.69) is 11.6 Å². The monoisotopic (exact) mass is 221 g/mol. The van der Waals surface area contributed by atoms with Gasteiger partial charge in [0.1, 0.15) is 0 Å². The molecule has 1 aliphatic carbocycles. The van der Waals surface area contributed by atoms with Crippen molar-refractivity contribution in [3.63, 3.8) is 0 Å². The topological polar surface area (TPSA) is 12.0 Å². The molecule has 14 heavy (non-hydrogen) atoms. The molecule has 0 radical (unpaired) electrons. The molecule has 1 nitrogen and oxygen atoms in total. The fourth-order valence-corrected chi connectivity index (χ4v) is 4.07. The van der Waals surface area contributed by atoms with E-state index >= 15 is 0 Å². The fourth-order valence-electron chi connectivity index (χ4n) is 2.73. The molecule has 0 aromatic rings. The van der Waals surface area contributed by atoms with Gasteiger partial charge in [0, 0.05) is 23.1 Å². The number of hydrogen-bond donors (Lipinski definition) is 1. The third kappa shape index (κ3) is 1.47. The van der Waals surface area contributed by atoms with Crippen molar-refractivity contribution < 1.29 is 8.78 Å². The van der Waals surface area contributed by atoms with E-state index in [1.807, 2.05) is 6.92 Å². The first-order valence-corrected chi connectivity index (χ1v) is 5.98. The summed E-state index contributed by atoms with van der Waals surface area (Å²) in [6.45, 7) is 5.74. The second kappa shape index (κ2) is 3.08. The molecule has 4 atom stereocenters. The van der Waals surface area contributed by atoms with Crippen molar-refractivity contribution in [2.24, 2.45) is 11.8 Å². The van der Waals surface area contributed by atoms with Crippen LogP contribution in [0.2, 0.25) is 0 Å². The summed E-state index contributed by atoms with van der Waals surface area (Å²) in [4.78, 5) is 0. The van der Waals surface area contributed by atoms with Crippen LogP contribution in [0.3, 0.4) is 0 Å². The second-order valence-electron chi connectivity index (χ2n) is 5.00. The number of hydrogen-bond acceptors (Lipinski definition) is 2. The molecule has 0 spiro atoms. The average Bonchev–Trinajstić information content (AvgIpc) is 2.30. The predicted octanol–water partition coefficient (Wildman–Crippen LogP) is 3.07. The zero-order valence-corrected chi connectivity index (χ0v) is 9.63. The van der Waals surface area contributed by atoms with Crippen LogP contribution in [-0.4, -0.2) is 16.7 Å². The van der Waals surface area contributed by atoms with Crippen LogP contribution in [0.1, 0.15) is 33.6 Å². The minimum Gasteiger partial charge on any atom is -0.261 e. The lowest BCUT2D eigenvalue weighted by molar-refractivity contribution is -0.101. The number of fused-ring (bicyclic) bond motifs is 1. The highest BCUT2D eigenvalue weighted by Gasteiger charge is 2.57. The molecule has 1 saturated carbocycles. The van der Waals surface area contributed by atoms with Crippen LogP contribution in [0, 0.1) is 11.8 Å². The summed E-state index contributed by atoms with van der Waals surface area (Å²) in [6, 6.07) is 0.364. The summed E-state index contributed by atoms with van der Waals surface area (Å²) in [5.41, 5.74) is 0. The van der Waals surface area contributed by atoms with Gasteiger partial charge in [-0.05, 0) is 26.2 Å². The third-order valence-corrected chi connectivity index (χ3v) is 5.18. The van der Waals surface area contributed by atoms with Crippen LogP contribution >= 0.6 is 11.9 Å². The highest BCUT2D eigenvalue weighted by atomic mass is 32.2. The molecule has 1 aliphatic heterocycles. The Balaban J connectivity index is 2.23. The van der Waals surface area contributed by atoms with Crippen LogP contribution in [-0.2, 0) is 0 Å². The van der Waals surface area contributed by atoms with Crippen molar-refractivity contribution in [3.05, 3.63) is 0 Å². The third-order valence-electron chi connectivity index (χ3n) is 3.78. The maximum absolute atomic E-state index is 13.6. The van der Waals surface area contributed by atoms with Crippen LogP contribution in [0.4, 0.5) is 8.78 Å². The molecule has 0 aromatic carbocycles. The molecular formula is C10H17F2NS. The van der Waals surface area contributed by atoms with Gasteiger partial charge in [0.15, 0.2) is 0 Å². The molecule has 0 amide bonds. The van der Waals surface area contributed by atoms with Crippen molar-refractivity contribution in [1.29, 1.82) is 0 Å². The summed E-state index contributed by atoms with van der Waals surface area (Å²) in [5, 5.41) is 0. The highest BCUT2D eigenvalue weighted by molar-refractivity contribution is 7.99. The van der Waals surface area contributed by atoms with Crippen LogP contribution in [0.15, 0.2) is 0 Å². The molecule has 1 heterocycles. The lowest BCUT2D eigenvalue weighted by Crippen LogP contribution is -2.47. The van der Waals surface area contributed by atoms with Crippen molar-refractivity contribution in [2.45, 2.75) is 50.3 Å². The Kier molecular flexibility index (Phi) is 2.35.